The lowest BCUT2D eigenvalue weighted by molar-refractivity contribution is -0.121. The third-order valence-electron chi connectivity index (χ3n) is 5.55. The lowest BCUT2D eigenvalue weighted by Crippen LogP contribution is -2.35. The van der Waals surface area contributed by atoms with E-state index in [1.807, 2.05) is 36.4 Å². The van der Waals surface area contributed by atoms with Gasteiger partial charge in [-0.15, -0.1) is 0 Å². The summed E-state index contributed by atoms with van der Waals surface area (Å²) in [6.07, 6.45) is 0.608. The summed E-state index contributed by atoms with van der Waals surface area (Å²) in [5.41, 5.74) is 1.93. The van der Waals surface area contributed by atoms with Crippen LogP contribution >= 0.6 is 0 Å². The topological polar surface area (TPSA) is 96.1 Å². The Kier molecular flexibility index (Phi) is 6.21. The zero-order valence-corrected chi connectivity index (χ0v) is 19.0. The van der Waals surface area contributed by atoms with E-state index >= 15 is 0 Å². The number of rotatable bonds is 8. The van der Waals surface area contributed by atoms with E-state index in [1.54, 1.807) is 38.7 Å². The second-order valence-electron chi connectivity index (χ2n) is 7.56. The van der Waals surface area contributed by atoms with Crippen molar-refractivity contribution in [3.05, 3.63) is 64.2 Å². The van der Waals surface area contributed by atoms with Gasteiger partial charge in [0.05, 0.1) is 26.8 Å². The molecule has 1 N–H and O–H groups in total. The van der Waals surface area contributed by atoms with Crippen LogP contribution in [0.1, 0.15) is 11.4 Å². The van der Waals surface area contributed by atoms with Crippen molar-refractivity contribution in [2.75, 3.05) is 27.9 Å². The first-order valence-electron chi connectivity index (χ1n) is 10.5. The van der Waals surface area contributed by atoms with E-state index in [0.29, 0.717) is 41.6 Å². The average Bonchev–Trinajstić information content (AvgIpc) is 3.23. The molecule has 2 aromatic heterocycles. The van der Waals surface area contributed by atoms with E-state index in [4.69, 9.17) is 14.2 Å². The number of carbonyl (C=O) groups excluding carboxylic acids is 1. The van der Waals surface area contributed by atoms with Crippen LogP contribution < -0.4 is 25.1 Å². The van der Waals surface area contributed by atoms with Gasteiger partial charge in [-0.2, -0.15) is 5.10 Å². The summed E-state index contributed by atoms with van der Waals surface area (Å²) < 4.78 is 18.9. The van der Waals surface area contributed by atoms with Crippen LogP contribution in [-0.2, 0) is 17.8 Å². The van der Waals surface area contributed by atoms with Crippen LogP contribution in [0.2, 0.25) is 0 Å². The molecular weight excluding hydrogens is 424 g/mol. The van der Waals surface area contributed by atoms with Crippen LogP contribution in [0.4, 0.5) is 0 Å². The molecule has 0 bridgehead atoms. The molecule has 0 radical (unpaired) electrons. The van der Waals surface area contributed by atoms with Gasteiger partial charge in [0.2, 0.25) is 5.91 Å². The summed E-state index contributed by atoms with van der Waals surface area (Å²) >= 11 is 0. The minimum atomic E-state index is -0.339. The molecule has 33 heavy (non-hydrogen) atoms. The maximum Gasteiger partial charge on any atom is 0.291 e. The highest BCUT2D eigenvalue weighted by Gasteiger charge is 2.16. The summed E-state index contributed by atoms with van der Waals surface area (Å²) in [7, 11) is 4.75. The third-order valence-corrected chi connectivity index (χ3v) is 5.55. The number of benzene rings is 2. The number of carbonyl (C=O) groups is 1. The average molecular weight is 450 g/mol. The molecule has 2 aromatic carbocycles. The van der Waals surface area contributed by atoms with Crippen LogP contribution in [0.3, 0.4) is 0 Å². The van der Waals surface area contributed by atoms with Crippen LogP contribution in [0, 0.1) is 6.92 Å². The van der Waals surface area contributed by atoms with Gasteiger partial charge in [0.25, 0.3) is 5.56 Å². The van der Waals surface area contributed by atoms with Gasteiger partial charge in [-0.3, -0.25) is 14.0 Å². The number of nitrogens with one attached hydrogen (secondary N) is 1. The maximum absolute atomic E-state index is 13.0. The highest BCUT2D eigenvalue weighted by atomic mass is 16.5. The molecule has 1 amide bonds. The second-order valence-corrected chi connectivity index (χ2v) is 7.56. The molecule has 9 heteroatoms. The molecule has 2 heterocycles. The first-order chi connectivity index (χ1) is 16.0. The SMILES string of the molecule is COc1ccc(CCNC(=O)Cn2nc(C)n3c(cc4c(OC)cccc43)c2=O)cc1OC. The van der Waals surface area contributed by atoms with Gasteiger partial charge in [-0.05, 0) is 49.2 Å². The van der Waals surface area contributed by atoms with E-state index in [1.165, 1.54) is 4.68 Å². The Morgan fingerprint density at radius 3 is 2.45 bits per heavy atom. The third kappa shape index (κ3) is 4.21. The van der Waals surface area contributed by atoms with E-state index in [9.17, 15) is 9.59 Å². The van der Waals surface area contributed by atoms with Crippen molar-refractivity contribution in [2.45, 2.75) is 19.9 Å². The normalized spacial score (nSPS) is 11.0. The highest BCUT2D eigenvalue weighted by molar-refractivity contribution is 5.92. The lowest BCUT2D eigenvalue weighted by atomic mass is 10.1. The largest absolute Gasteiger partial charge is 0.496 e. The van der Waals surface area contributed by atoms with Crippen molar-refractivity contribution in [1.82, 2.24) is 19.5 Å². The predicted molar refractivity (Wildman–Crippen MR) is 125 cm³/mol. The molecule has 0 fully saturated rings. The maximum atomic E-state index is 13.0. The molecule has 0 atom stereocenters. The zero-order chi connectivity index (χ0) is 23.5. The number of aryl methyl sites for hydroxylation is 1. The molecule has 0 aliphatic carbocycles. The van der Waals surface area contributed by atoms with Gasteiger partial charge in [0.15, 0.2) is 11.5 Å². The van der Waals surface area contributed by atoms with Gasteiger partial charge in [0, 0.05) is 11.9 Å². The number of nitrogens with zero attached hydrogens (tertiary/aromatic N) is 3. The molecule has 9 nitrogen and oxygen atoms in total. The number of fused-ring (bicyclic) bond motifs is 3. The van der Waals surface area contributed by atoms with E-state index < -0.39 is 0 Å². The summed E-state index contributed by atoms with van der Waals surface area (Å²) in [5.74, 6) is 2.28. The molecule has 0 aliphatic rings. The van der Waals surface area contributed by atoms with Crippen LogP contribution in [0.25, 0.3) is 16.4 Å². The zero-order valence-electron chi connectivity index (χ0n) is 19.0. The van der Waals surface area contributed by atoms with Crippen molar-refractivity contribution in [3.8, 4) is 17.2 Å². The van der Waals surface area contributed by atoms with Crippen molar-refractivity contribution >= 4 is 22.3 Å². The Morgan fingerprint density at radius 2 is 1.73 bits per heavy atom. The van der Waals surface area contributed by atoms with Gasteiger partial charge < -0.3 is 19.5 Å². The van der Waals surface area contributed by atoms with Crippen LogP contribution in [0.5, 0.6) is 17.2 Å². The molecule has 4 rings (SSSR count). The fourth-order valence-electron chi connectivity index (χ4n) is 3.97. The number of hydrogen-bond donors (Lipinski definition) is 1. The van der Waals surface area contributed by atoms with Gasteiger partial charge in [0.1, 0.15) is 23.6 Å². The number of aromatic nitrogens is 3. The smallest absolute Gasteiger partial charge is 0.291 e. The van der Waals surface area contributed by atoms with E-state index in [2.05, 4.69) is 10.4 Å². The first kappa shape index (κ1) is 22.2. The van der Waals surface area contributed by atoms with Crippen molar-refractivity contribution in [1.29, 1.82) is 0 Å². The Morgan fingerprint density at radius 1 is 0.970 bits per heavy atom. The number of ether oxygens (including phenoxy) is 3. The van der Waals surface area contributed by atoms with Crippen molar-refractivity contribution in [2.24, 2.45) is 0 Å². The molecule has 0 aliphatic heterocycles. The molecule has 4 aromatic rings. The van der Waals surface area contributed by atoms with Crippen molar-refractivity contribution < 1.29 is 19.0 Å². The van der Waals surface area contributed by atoms with E-state index in [-0.39, 0.29) is 18.0 Å². The summed E-state index contributed by atoms with van der Waals surface area (Å²) in [5, 5.41) is 8.03. The van der Waals surface area contributed by atoms with Crippen LogP contribution in [0.15, 0.2) is 47.3 Å². The molecule has 172 valence electrons. The molecular formula is C24H26N4O5. The predicted octanol–water partition coefficient (Wildman–Crippen LogP) is 2.34. The summed E-state index contributed by atoms with van der Waals surface area (Å²) in [4.78, 5) is 25.6. The number of methoxy groups -OCH3 is 3. The summed E-state index contributed by atoms with van der Waals surface area (Å²) in [6.45, 7) is 2.05. The monoisotopic (exact) mass is 450 g/mol. The van der Waals surface area contributed by atoms with Gasteiger partial charge in [-0.1, -0.05) is 12.1 Å². The number of amides is 1. The second kappa shape index (κ2) is 9.23. The molecule has 0 saturated heterocycles. The molecule has 0 saturated carbocycles. The Hall–Kier alpha value is -4.01. The minimum absolute atomic E-state index is 0.166. The van der Waals surface area contributed by atoms with Gasteiger partial charge in [-0.25, -0.2) is 4.68 Å². The minimum Gasteiger partial charge on any atom is -0.496 e. The summed E-state index contributed by atoms with van der Waals surface area (Å²) in [6, 6.07) is 13.0. The standard InChI is InChI=1S/C24H26N4O5/c1-15-26-27(24(30)19-13-17-18(28(15)19)6-5-7-20(17)31-2)14-23(29)25-11-10-16-8-9-21(32-3)22(12-16)33-4/h5-9,12-13H,10-11,14H2,1-4H3,(H,25,29). The van der Waals surface area contributed by atoms with Gasteiger partial charge >= 0.3 is 0 Å². The number of hydrogen-bond acceptors (Lipinski definition) is 6. The highest BCUT2D eigenvalue weighted by Crippen LogP contribution is 2.28. The fraction of sp³-hybridized carbons (Fsp3) is 0.292. The fourth-order valence-corrected chi connectivity index (χ4v) is 3.97. The van der Waals surface area contributed by atoms with Crippen molar-refractivity contribution in [3.63, 3.8) is 0 Å². The molecule has 0 unspecified atom stereocenters. The Bertz CT molecular complexity index is 1390. The molecule has 0 spiro atoms. The quantitative estimate of drug-likeness (QED) is 0.443. The Labute approximate surface area is 190 Å². The van der Waals surface area contributed by atoms with E-state index in [0.717, 1.165) is 16.5 Å². The Balaban J connectivity index is 1.50. The lowest BCUT2D eigenvalue weighted by Gasteiger charge is -2.11. The van der Waals surface area contributed by atoms with Crippen LogP contribution in [-0.4, -0.2) is 48.0 Å². The first-order valence-corrected chi connectivity index (χ1v) is 10.5.